The molecule has 0 spiro atoms. The van der Waals surface area contributed by atoms with Gasteiger partial charge in [0.2, 0.25) is 0 Å². The van der Waals surface area contributed by atoms with E-state index in [1.54, 1.807) is 0 Å². The van der Waals surface area contributed by atoms with Gasteiger partial charge in [0.1, 0.15) is 0 Å². The van der Waals surface area contributed by atoms with Gasteiger partial charge in [-0.3, -0.25) is 0 Å². The van der Waals surface area contributed by atoms with Gasteiger partial charge in [-0.15, -0.1) is 0 Å². The average molecular weight is 353 g/mol. The van der Waals surface area contributed by atoms with E-state index in [1.807, 2.05) is 0 Å². The Bertz CT molecular complexity index is 473. The lowest BCUT2D eigenvalue weighted by molar-refractivity contribution is -0.137. The number of hydrogen-bond acceptors (Lipinski definition) is 3. The molecule has 7 heteroatoms. The summed E-state index contributed by atoms with van der Waals surface area (Å²) in [6.07, 6.45) is -2.88. The van der Waals surface area contributed by atoms with Crippen molar-refractivity contribution < 1.29 is 17.9 Å². The topological polar surface area (TPSA) is 47.3 Å². The Morgan fingerprint density at radius 3 is 2.45 bits per heavy atom. The molecule has 0 atom stereocenters. The van der Waals surface area contributed by atoms with Crippen LogP contribution in [0.5, 0.6) is 0 Å². The van der Waals surface area contributed by atoms with Crippen molar-refractivity contribution in [3.63, 3.8) is 0 Å². The highest BCUT2D eigenvalue weighted by Gasteiger charge is 2.33. The van der Waals surface area contributed by atoms with Gasteiger partial charge < -0.3 is 15.8 Å². The van der Waals surface area contributed by atoms with Crippen LogP contribution in [0.15, 0.2) is 22.7 Å². The number of halogens is 4. The Labute approximate surface area is 123 Å². The van der Waals surface area contributed by atoms with E-state index in [9.17, 15) is 13.2 Å². The monoisotopic (exact) mass is 352 g/mol. The molecule has 0 bridgehead atoms. The summed E-state index contributed by atoms with van der Waals surface area (Å²) in [6, 6.07) is 3.57. The maximum absolute atomic E-state index is 12.6. The maximum atomic E-state index is 12.6. The van der Waals surface area contributed by atoms with Gasteiger partial charge in [-0.2, -0.15) is 13.2 Å². The third-order valence-corrected chi connectivity index (χ3v) is 4.19. The molecule has 20 heavy (non-hydrogen) atoms. The second-order valence-electron chi connectivity index (χ2n) is 4.91. The summed E-state index contributed by atoms with van der Waals surface area (Å²) in [5.74, 6) is 0. The van der Waals surface area contributed by atoms with Crippen molar-refractivity contribution in [1.29, 1.82) is 0 Å². The van der Waals surface area contributed by atoms with Crippen LogP contribution in [0, 0.1) is 0 Å². The summed E-state index contributed by atoms with van der Waals surface area (Å²) in [5, 5.41) is 3.27. The minimum atomic E-state index is -4.34. The van der Waals surface area contributed by atoms with Crippen LogP contribution in [0.3, 0.4) is 0 Å². The zero-order valence-electron chi connectivity index (χ0n) is 10.8. The summed E-state index contributed by atoms with van der Waals surface area (Å²) in [7, 11) is 0. The highest BCUT2D eigenvalue weighted by Crippen LogP contribution is 2.35. The molecule has 0 saturated carbocycles. The lowest BCUT2D eigenvalue weighted by Gasteiger charge is -2.38. The molecule has 112 valence electrons. The van der Waals surface area contributed by atoms with Crippen LogP contribution in [-0.4, -0.2) is 25.3 Å². The zero-order chi connectivity index (χ0) is 14.8. The average Bonchev–Trinajstić information content (AvgIpc) is 2.41. The molecule has 1 aromatic rings. The van der Waals surface area contributed by atoms with Crippen LogP contribution >= 0.6 is 15.9 Å². The van der Waals surface area contributed by atoms with Crippen LogP contribution in [0.25, 0.3) is 0 Å². The molecule has 3 nitrogen and oxygen atoms in total. The molecular weight excluding hydrogens is 337 g/mol. The molecule has 1 aliphatic heterocycles. The van der Waals surface area contributed by atoms with E-state index >= 15 is 0 Å². The van der Waals surface area contributed by atoms with Crippen molar-refractivity contribution in [1.82, 2.24) is 0 Å². The molecule has 1 fully saturated rings. The van der Waals surface area contributed by atoms with Crippen molar-refractivity contribution in [3.8, 4) is 0 Å². The summed E-state index contributed by atoms with van der Waals surface area (Å²) in [5.41, 5.74) is 5.44. The maximum Gasteiger partial charge on any atom is 0.416 e. The molecule has 0 unspecified atom stereocenters. The number of anilines is 1. The summed E-state index contributed by atoms with van der Waals surface area (Å²) < 4.78 is 43.5. The van der Waals surface area contributed by atoms with Gasteiger partial charge in [0.15, 0.2) is 0 Å². The van der Waals surface area contributed by atoms with Crippen molar-refractivity contribution in [2.24, 2.45) is 5.73 Å². The molecule has 0 radical (unpaired) electrons. The predicted octanol–water partition coefficient (Wildman–Crippen LogP) is 3.39. The van der Waals surface area contributed by atoms with Gasteiger partial charge in [-0.25, -0.2) is 0 Å². The van der Waals surface area contributed by atoms with Crippen LogP contribution in [-0.2, 0) is 10.9 Å². The zero-order valence-corrected chi connectivity index (χ0v) is 12.4. The second kappa shape index (κ2) is 5.91. The molecule has 1 aromatic carbocycles. The number of rotatable bonds is 3. The number of benzene rings is 1. The SMILES string of the molecule is NCC1(Nc2ccc(C(F)(F)F)cc2Br)CCOCC1. The van der Waals surface area contributed by atoms with Gasteiger partial charge in [0.05, 0.1) is 11.1 Å². The quantitative estimate of drug-likeness (QED) is 0.876. The van der Waals surface area contributed by atoms with Gasteiger partial charge >= 0.3 is 6.18 Å². The Balaban J connectivity index is 2.21. The lowest BCUT2D eigenvalue weighted by atomic mass is 9.89. The van der Waals surface area contributed by atoms with Gasteiger partial charge in [-0.1, -0.05) is 0 Å². The third kappa shape index (κ3) is 3.45. The van der Waals surface area contributed by atoms with Crippen molar-refractivity contribution in [2.45, 2.75) is 24.6 Å². The van der Waals surface area contributed by atoms with E-state index < -0.39 is 11.7 Å². The molecule has 2 rings (SSSR count). The van der Waals surface area contributed by atoms with E-state index in [0.717, 1.165) is 25.0 Å². The molecule has 1 heterocycles. The lowest BCUT2D eigenvalue weighted by Crippen LogP contribution is -2.49. The second-order valence-corrected chi connectivity index (χ2v) is 5.77. The first kappa shape index (κ1) is 15.6. The van der Waals surface area contributed by atoms with Crippen LogP contribution in [0.2, 0.25) is 0 Å². The smallest absolute Gasteiger partial charge is 0.381 e. The standard InChI is InChI=1S/C13H16BrF3N2O/c14-10-7-9(13(15,16)17)1-2-11(10)19-12(8-18)3-5-20-6-4-12/h1-2,7,19H,3-6,8,18H2. The highest BCUT2D eigenvalue weighted by atomic mass is 79.9. The summed E-state index contributed by atoms with van der Waals surface area (Å²) >= 11 is 3.19. The van der Waals surface area contributed by atoms with Crippen molar-refractivity contribution in [2.75, 3.05) is 25.1 Å². The number of ether oxygens (including phenoxy) is 1. The van der Waals surface area contributed by atoms with E-state index in [1.165, 1.54) is 6.07 Å². The Morgan fingerprint density at radius 2 is 1.95 bits per heavy atom. The first-order valence-corrected chi connectivity index (χ1v) is 7.08. The van der Waals surface area contributed by atoms with E-state index in [-0.39, 0.29) is 5.54 Å². The Kier molecular flexibility index (Phi) is 4.61. The summed E-state index contributed by atoms with van der Waals surface area (Å²) in [4.78, 5) is 0. The number of nitrogens with one attached hydrogen (secondary N) is 1. The minimum Gasteiger partial charge on any atom is -0.381 e. The first-order chi connectivity index (χ1) is 9.36. The molecule has 0 aromatic heterocycles. The highest BCUT2D eigenvalue weighted by molar-refractivity contribution is 9.10. The largest absolute Gasteiger partial charge is 0.416 e. The van der Waals surface area contributed by atoms with Gasteiger partial charge in [0, 0.05) is 29.9 Å². The molecule has 3 N–H and O–H groups in total. The molecule has 1 aliphatic rings. The summed E-state index contributed by atoms with van der Waals surface area (Å²) in [6.45, 7) is 1.61. The van der Waals surface area contributed by atoms with Gasteiger partial charge in [0.25, 0.3) is 0 Å². The molecule has 0 amide bonds. The predicted molar refractivity (Wildman–Crippen MR) is 74.6 cm³/mol. The number of nitrogens with two attached hydrogens (primary N) is 1. The first-order valence-electron chi connectivity index (χ1n) is 6.29. The molecule has 1 saturated heterocycles. The molecular formula is C13H16BrF3N2O. The third-order valence-electron chi connectivity index (χ3n) is 3.54. The number of alkyl halides is 3. The van der Waals surface area contributed by atoms with E-state index in [4.69, 9.17) is 10.5 Å². The molecule has 0 aliphatic carbocycles. The van der Waals surface area contributed by atoms with Crippen LogP contribution in [0.1, 0.15) is 18.4 Å². The fraction of sp³-hybridized carbons (Fsp3) is 0.538. The number of hydrogen-bond donors (Lipinski definition) is 2. The van der Waals surface area contributed by atoms with Crippen LogP contribution in [0.4, 0.5) is 18.9 Å². The Hall–Kier alpha value is -0.790. The van der Waals surface area contributed by atoms with E-state index in [0.29, 0.717) is 29.9 Å². The Morgan fingerprint density at radius 1 is 1.30 bits per heavy atom. The fourth-order valence-corrected chi connectivity index (χ4v) is 2.70. The van der Waals surface area contributed by atoms with E-state index in [2.05, 4.69) is 21.2 Å². The van der Waals surface area contributed by atoms with Crippen LogP contribution < -0.4 is 11.1 Å². The van der Waals surface area contributed by atoms with Crippen molar-refractivity contribution >= 4 is 21.6 Å². The fourth-order valence-electron chi connectivity index (χ4n) is 2.22. The van der Waals surface area contributed by atoms with Gasteiger partial charge in [-0.05, 0) is 47.0 Å². The minimum absolute atomic E-state index is 0.319. The van der Waals surface area contributed by atoms with Crippen molar-refractivity contribution in [3.05, 3.63) is 28.2 Å². The normalized spacial score (nSPS) is 18.9.